The smallest absolute Gasteiger partial charge is 0.156 e. The lowest BCUT2D eigenvalue weighted by atomic mass is 9.88. The average Bonchev–Trinajstić information content (AvgIpc) is 2.57. The highest BCUT2D eigenvalue weighted by Crippen LogP contribution is 2.44. The first-order chi connectivity index (χ1) is 9.00. The van der Waals surface area contributed by atoms with Gasteiger partial charge in [0.1, 0.15) is 0 Å². The molecule has 0 saturated carbocycles. The molecule has 2 aliphatic rings. The van der Waals surface area contributed by atoms with Crippen LogP contribution in [0, 0.1) is 0 Å². The van der Waals surface area contributed by atoms with Crippen LogP contribution in [0.15, 0.2) is 24.4 Å². The zero-order valence-corrected chi connectivity index (χ0v) is 11.6. The molecule has 0 aromatic carbocycles. The van der Waals surface area contributed by atoms with Gasteiger partial charge < -0.3 is 5.11 Å². The minimum absolute atomic E-state index is 0.319. The van der Waals surface area contributed by atoms with Gasteiger partial charge in [-0.25, -0.2) is 8.42 Å². The Bertz CT molecular complexity index is 535. The van der Waals surface area contributed by atoms with Crippen LogP contribution in [0.2, 0.25) is 0 Å². The van der Waals surface area contributed by atoms with Crippen molar-refractivity contribution in [1.82, 2.24) is 4.98 Å². The summed E-state index contributed by atoms with van der Waals surface area (Å²) < 4.78 is 24.0. The number of aliphatic hydroxyl groups is 1. The molecule has 0 spiro atoms. The summed E-state index contributed by atoms with van der Waals surface area (Å²) in [6.45, 7) is 0. The first-order valence-corrected chi connectivity index (χ1v) is 8.46. The maximum absolute atomic E-state index is 12.0. The fourth-order valence-corrected chi connectivity index (χ4v) is 6.01. The first-order valence-electron chi connectivity index (χ1n) is 6.85. The number of hydrogen-bond donors (Lipinski definition) is 1. The summed E-state index contributed by atoms with van der Waals surface area (Å²) in [7, 11) is -2.96. The van der Waals surface area contributed by atoms with Crippen molar-refractivity contribution < 1.29 is 13.5 Å². The van der Waals surface area contributed by atoms with Crippen LogP contribution >= 0.6 is 0 Å². The van der Waals surface area contributed by atoms with Gasteiger partial charge in [0.2, 0.25) is 0 Å². The third kappa shape index (κ3) is 2.41. The van der Waals surface area contributed by atoms with Crippen LogP contribution in [0.5, 0.6) is 0 Å². The summed E-state index contributed by atoms with van der Waals surface area (Å²) in [4.78, 5) is 4.25. The van der Waals surface area contributed by atoms with Crippen LogP contribution in [0.4, 0.5) is 0 Å². The zero-order valence-electron chi connectivity index (χ0n) is 10.8. The lowest BCUT2D eigenvalue weighted by Crippen LogP contribution is -2.45. The van der Waals surface area contributed by atoms with Gasteiger partial charge >= 0.3 is 0 Å². The Morgan fingerprint density at radius 3 is 2.53 bits per heavy atom. The quantitative estimate of drug-likeness (QED) is 0.911. The minimum Gasteiger partial charge on any atom is -0.390 e. The predicted octanol–water partition coefficient (Wildman–Crippen LogP) is 1.48. The van der Waals surface area contributed by atoms with Crippen LogP contribution in [0.1, 0.15) is 37.8 Å². The van der Waals surface area contributed by atoms with Crippen molar-refractivity contribution in [1.29, 1.82) is 0 Å². The number of rotatable bonds is 3. The standard InChI is InChI=1S/C14H19NO3S/c16-14(7-6-11-3-1-2-8-15-11)9-12-4-5-13(10-14)19(12,17)18/h1-3,8,12-13,16H,4-7,9-10H2. The molecule has 0 aliphatic carbocycles. The van der Waals surface area contributed by atoms with E-state index in [0.717, 1.165) is 18.5 Å². The Hall–Kier alpha value is -0.940. The van der Waals surface area contributed by atoms with Crippen LogP contribution in [0.3, 0.4) is 0 Å². The molecule has 2 bridgehead atoms. The third-order valence-corrected chi connectivity index (χ3v) is 7.19. The van der Waals surface area contributed by atoms with Crippen molar-refractivity contribution in [3.05, 3.63) is 30.1 Å². The molecule has 2 aliphatic heterocycles. The number of hydrogen-bond acceptors (Lipinski definition) is 4. The molecule has 0 radical (unpaired) electrons. The van der Waals surface area contributed by atoms with Gasteiger partial charge in [-0.3, -0.25) is 4.98 Å². The van der Waals surface area contributed by atoms with E-state index >= 15 is 0 Å². The third-order valence-electron chi connectivity index (χ3n) is 4.53. The summed E-state index contributed by atoms with van der Waals surface area (Å²) in [6, 6.07) is 5.74. The highest BCUT2D eigenvalue weighted by molar-refractivity contribution is 7.93. The first kappa shape index (κ1) is 13.1. The number of aromatic nitrogens is 1. The molecule has 0 amide bonds. The van der Waals surface area contributed by atoms with E-state index in [2.05, 4.69) is 4.98 Å². The van der Waals surface area contributed by atoms with E-state index in [1.807, 2.05) is 18.2 Å². The van der Waals surface area contributed by atoms with Gasteiger partial charge in [0.15, 0.2) is 9.84 Å². The number of nitrogens with zero attached hydrogens (tertiary/aromatic N) is 1. The van der Waals surface area contributed by atoms with Crippen molar-refractivity contribution in [3.63, 3.8) is 0 Å². The highest BCUT2D eigenvalue weighted by Gasteiger charge is 2.52. The van der Waals surface area contributed by atoms with Gasteiger partial charge in [0.05, 0.1) is 16.1 Å². The van der Waals surface area contributed by atoms with Gasteiger partial charge in [-0.15, -0.1) is 0 Å². The van der Waals surface area contributed by atoms with Gasteiger partial charge in [0, 0.05) is 11.9 Å². The predicted molar refractivity (Wildman–Crippen MR) is 72.5 cm³/mol. The van der Waals surface area contributed by atoms with E-state index < -0.39 is 15.4 Å². The largest absolute Gasteiger partial charge is 0.390 e. The molecule has 2 saturated heterocycles. The topological polar surface area (TPSA) is 67.3 Å². The van der Waals surface area contributed by atoms with E-state index in [1.54, 1.807) is 6.20 Å². The Kier molecular flexibility index (Phi) is 3.14. The summed E-state index contributed by atoms with van der Waals surface area (Å²) in [5, 5.41) is 10.0. The van der Waals surface area contributed by atoms with E-state index in [4.69, 9.17) is 0 Å². The van der Waals surface area contributed by atoms with E-state index in [-0.39, 0.29) is 10.5 Å². The second kappa shape index (κ2) is 4.56. The van der Waals surface area contributed by atoms with Crippen LogP contribution in [-0.2, 0) is 16.3 Å². The molecule has 4 nitrogen and oxygen atoms in total. The summed E-state index contributed by atoms with van der Waals surface area (Å²) in [5.74, 6) is 0. The Morgan fingerprint density at radius 2 is 1.95 bits per heavy atom. The van der Waals surface area contributed by atoms with Gasteiger partial charge in [-0.05, 0) is 50.7 Å². The molecular formula is C14H19NO3S. The molecule has 2 fully saturated rings. The maximum atomic E-state index is 12.0. The van der Waals surface area contributed by atoms with Crippen molar-refractivity contribution in [2.45, 2.75) is 54.6 Å². The van der Waals surface area contributed by atoms with Crippen LogP contribution in [-0.4, -0.2) is 34.6 Å². The van der Waals surface area contributed by atoms with Crippen molar-refractivity contribution >= 4 is 9.84 Å². The lowest BCUT2D eigenvalue weighted by molar-refractivity contribution is 0.0133. The Morgan fingerprint density at radius 1 is 1.26 bits per heavy atom. The lowest BCUT2D eigenvalue weighted by Gasteiger charge is -2.36. The molecule has 2 atom stereocenters. The number of pyridine rings is 1. The van der Waals surface area contributed by atoms with Crippen LogP contribution in [0.25, 0.3) is 0 Å². The Labute approximate surface area is 113 Å². The number of aryl methyl sites for hydroxylation is 1. The highest BCUT2D eigenvalue weighted by atomic mass is 32.2. The number of fused-ring (bicyclic) bond motifs is 2. The molecular weight excluding hydrogens is 262 g/mol. The summed E-state index contributed by atoms with van der Waals surface area (Å²) in [5.41, 5.74) is 0.131. The zero-order chi connectivity index (χ0) is 13.5. The summed E-state index contributed by atoms with van der Waals surface area (Å²) >= 11 is 0. The molecule has 104 valence electrons. The van der Waals surface area contributed by atoms with Crippen molar-refractivity contribution in [2.24, 2.45) is 0 Å². The average molecular weight is 281 g/mol. The molecule has 2 unspecified atom stereocenters. The second-order valence-electron chi connectivity index (χ2n) is 5.86. The van der Waals surface area contributed by atoms with E-state index in [0.29, 0.717) is 25.7 Å². The van der Waals surface area contributed by atoms with Gasteiger partial charge in [-0.2, -0.15) is 0 Å². The molecule has 19 heavy (non-hydrogen) atoms. The fourth-order valence-electron chi connectivity index (χ4n) is 3.45. The van der Waals surface area contributed by atoms with Crippen molar-refractivity contribution in [3.8, 4) is 0 Å². The fraction of sp³-hybridized carbons (Fsp3) is 0.643. The maximum Gasteiger partial charge on any atom is 0.156 e. The molecule has 3 heterocycles. The van der Waals surface area contributed by atoms with Crippen molar-refractivity contribution in [2.75, 3.05) is 0 Å². The van der Waals surface area contributed by atoms with Gasteiger partial charge in [0.25, 0.3) is 0 Å². The normalized spacial score (nSPS) is 36.3. The van der Waals surface area contributed by atoms with Crippen LogP contribution < -0.4 is 0 Å². The molecule has 1 N–H and O–H groups in total. The van der Waals surface area contributed by atoms with E-state index in [1.165, 1.54) is 0 Å². The molecule has 1 aromatic heterocycles. The van der Waals surface area contributed by atoms with E-state index in [9.17, 15) is 13.5 Å². The monoisotopic (exact) mass is 281 g/mol. The summed E-state index contributed by atoms with van der Waals surface area (Å²) in [6.07, 6.45) is 5.30. The van der Waals surface area contributed by atoms with Gasteiger partial charge in [-0.1, -0.05) is 6.07 Å². The Balaban J connectivity index is 1.69. The molecule has 5 heteroatoms. The number of sulfone groups is 1. The second-order valence-corrected chi connectivity index (χ2v) is 8.38. The SMILES string of the molecule is O=S1(=O)C2CCC1CC(O)(CCc1ccccn1)C2. The minimum atomic E-state index is -2.96. The molecule has 3 rings (SSSR count). The molecule has 1 aromatic rings.